The van der Waals surface area contributed by atoms with E-state index >= 15 is 0 Å². The molecule has 3 heterocycles. The van der Waals surface area contributed by atoms with Crippen LogP contribution in [0.3, 0.4) is 0 Å². The number of halogens is 1. The Morgan fingerprint density at radius 1 is 1.16 bits per heavy atom. The maximum absolute atomic E-state index is 6.79. The Hall–Kier alpha value is -3.29. The SMILES string of the molecule is N[N+]12C=CN=CC1=C(C1=CC=C1)N=C2c1cccc(OCc2csc3ccc(Cl)cc23)c1. The Labute approximate surface area is 194 Å². The zero-order chi connectivity index (χ0) is 21.7. The first kappa shape index (κ1) is 19.4. The zero-order valence-electron chi connectivity index (χ0n) is 16.9. The minimum atomic E-state index is -0.0128. The molecule has 1 atom stereocenters. The summed E-state index contributed by atoms with van der Waals surface area (Å²) in [7, 11) is 0. The average Bonchev–Trinajstić information content (AvgIpc) is 3.29. The molecule has 156 valence electrons. The molecular formula is C25H18ClN4OS+. The lowest BCUT2D eigenvalue weighted by molar-refractivity contribution is -0.750. The van der Waals surface area contributed by atoms with Crippen LogP contribution in [0.1, 0.15) is 11.1 Å². The number of rotatable bonds is 5. The van der Waals surface area contributed by atoms with Gasteiger partial charge in [-0.05, 0) is 41.8 Å². The van der Waals surface area contributed by atoms with Crippen molar-refractivity contribution < 1.29 is 9.33 Å². The van der Waals surface area contributed by atoms with E-state index in [0.717, 1.165) is 50.1 Å². The van der Waals surface area contributed by atoms with Gasteiger partial charge in [0, 0.05) is 26.2 Å². The predicted octanol–water partition coefficient (Wildman–Crippen LogP) is 5.85. The lowest BCUT2D eigenvalue weighted by Crippen LogP contribution is -2.53. The minimum Gasteiger partial charge on any atom is -0.489 e. The molecule has 3 aliphatic rings. The summed E-state index contributed by atoms with van der Waals surface area (Å²) >= 11 is 7.88. The number of allylic oxidation sites excluding steroid dienone is 4. The van der Waals surface area contributed by atoms with Gasteiger partial charge in [0.2, 0.25) is 5.70 Å². The molecule has 5 nitrogen and oxygen atoms in total. The van der Waals surface area contributed by atoms with Gasteiger partial charge in [0.15, 0.2) is 0 Å². The van der Waals surface area contributed by atoms with Crippen LogP contribution in [0, 0.1) is 0 Å². The van der Waals surface area contributed by atoms with E-state index in [-0.39, 0.29) is 4.59 Å². The molecule has 0 amide bonds. The Balaban J connectivity index is 1.30. The van der Waals surface area contributed by atoms with E-state index in [9.17, 15) is 0 Å². The summed E-state index contributed by atoms with van der Waals surface area (Å²) in [5.41, 5.74) is 4.78. The molecule has 0 saturated carbocycles. The van der Waals surface area contributed by atoms with Crippen molar-refractivity contribution in [3.63, 3.8) is 0 Å². The van der Waals surface area contributed by atoms with E-state index in [1.165, 1.54) is 4.70 Å². The second-order valence-electron chi connectivity index (χ2n) is 7.72. The summed E-state index contributed by atoms with van der Waals surface area (Å²) in [5, 5.41) is 3.97. The maximum Gasteiger partial charge on any atom is 0.265 e. The van der Waals surface area contributed by atoms with Crippen LogP contribution in [0.2, 0.25) is 5.02 Å². The van der Waals surface area contributed by atoms with Crippen LogP contribution in [0.5, 0.6) is 5.75 Å². The third-order valence-electron chi connectivity index (χ3n) is 5.72. The third-order valence-corrected chi connectivity index (χ3v) is 6.97. The number of thiophene rings is 1. The summed E-state index contributed by atoms with van der Waals surface area (Å²) < 4.78 is 7.34. The molecule has 2 N–H and O–H groups in total. The minimum absolute atomic E-state index is 0.0128. The van der Waals surface area contributed by atoms with Crippen LogP contribution in [0.4, 0.5) is 0 Å². The number of nitrogens with zero attached hydrogens (tertiary/aromatic N) is 3. The highest BCUT2D eigenvalue weighted by Gasteiger charge is 2.44. The van der Waals surface area contributed by atoms with Crippen molar-refractivity contribution in [3.8, 4) is 5.75 Å². The molecule has 2 aromatic carbocycles. The first-order valence-electron chi connectivity index (χ1n) is 10.1. The number of benzene rings is 2. The van der Waals surface area contributed by atoms with Gasteiger partial charge in [0.05, 0.1) is 18.0 Å². The van der Waals surface area contributed by atoms with Gasteiger partial charge in [0.1, 0.15) is 24.3 Å². The van der Waals surface area contributed by atoms with Gasteiger partial charge >= 0.3 is 0 Å². The monoisotopic (exact) mass is 457 g/mol. The molecule has 6 rings (SSSR count). The summed E-state index contributed by atoms with van der Waals surface area (Å²) in [6.07, 6.45) is 11.4. The molecule has 1 aromatic heterocycles. The number of aliphatic imine (C=N–C) groups is 2. The fourth-order valence-electron chi connectivity index (χ4n) is 3.99. The van der Waals surface area contributed by atoms with Crippen LogP contribution >= 0.6 is 22.9 Å². The highest BCUT2D eigenvalue weighted by atomic mass is 35.5. The number of quaternary nitrogens is 1. The summed E-state index contributed by atoms with van der Waals surface area (Å²) in [6.45, 7) is 0.456. The Kier molecular flexibility index (Phi) is 4.48. The van der Waals surface area contributed by atoms with Crippen LogP contribution in [-0.2, 0) is 6.61 Å². The molecule has 7 heteroatoms. The van der Waals surface area contributed by atoms with Crippen LogP contribution in [0.25, 0.3) is 10.1 Å². The highest BCUT2D eigenvalue weighted by Crippen LogP contribution is 2.37. The van der Waals surface area contributed by atoms with Crippen LogP contribution in [-0.4, -0.2) is 16.6 Å². The molecule has 3 aromatic rings. The molecule has 1 aliphatic carbocycles. The fraction of sp³-hybridized carbons (Fsp3) is 0.0400. The molecule has 0 fully saturated rings. The molecule has 1 unspecified atom stereocenters. The van der Waals surface area contributed by atoms with Crippen LogP contribution < -0.4 is 10.6 Å². The molecule has 32 heavy (non-hydrogen) atoms. The zero-order valence-corrected chi connectivity index (χ0v) is 18.5. The summed E-state index contributed by atoms with van der Waals surface area (Å²) in [4.78, 5) is 9.19. The fourth-order valence-corrected chi connectivity index (χ4v) is 5.09. The number of ether oxygens (including phenoxy) is 1. The maximum atomic E-state index is 6.79. The van der Waals surface area contributed by atoms with Gasteiger partial charge in [0.25, 0.3) is 5.84 Å². The lowest BCUT2D eigenvalue weighted by Gasteiger charge is -2.26. The number of nitrogens with two attached hydrogens (primary N) is 1. The van der Waals surface area contributed by atoms with Crippen molar-refractivity contribution in [3.05, 3.63) is 112 Å². The second-order valence-corrected chi connectivity index (χ2v) is 9.07. The van der Waals surface area contributed by atoms with E-state index in [0.29, 0.717) is 6.61 Å². The third kappa shape index (κ3) is 3.08. The Morgan fingerprint density at radius 2 is 2.06 bits per heavy atom. The van der Waals surface area contributed by atoms with E-state index in [1.807, 2.05) is 66.9 Å². The molecule has 0 saturated heterocycles. The van der Waals surface area contributed by atoms with E-state index in [4.69, 9.17) is 27.2 Å². The number of fused-ring (bicyclic) bond motifs is 2. The van der Waals surface area contributed by atoms with Crippen molar-refractivity contribution in [1.29, 1.82) is 0 Å². The normalized spacial score (nSPS) is 20.9. The largest absolute Gasteiger partial charge is 0.489 e. The molecule has 0 bridgehead atoms. The standard InChI is InChI=1S/C25H18ClN4OS/c26-19-7-8-23-21(12-19)18(15-32-23)14-31-20-6-2-5-17(11-20)25-29-24(16-3-1-4-16)22-13-28-9-10-30(22,25)27/h1-13,15H,14,27H2/q+1. The average molecular weight is 458 g/mol. The summed E-state index contributed by atoms with van der Waals surface area (Å²) in [6, 6.07) is 13.8. The quantitative estimate of drug-likeness (QED) is 0.386. The Bertz CT molecular complexity index is 1460. The second kappa shape index (κ2) is 7.39. The molecular weight excluding hydrogens is 440 g/mol. The van der Waals surface area contributed by atoms with Gasteiger partial charge in [-0.25, -0.2) is 0 Å². The lowest BCUT2D eigenvalue weighted by atomic mass is 10.0. The van der Waals surface area contributed by atoms with E-state index in [1.54, 1.807) is 23.8 Å². The molecule has 0 spiro atoms. The van der Waals surface area contributed by atoms with Crippen molar-refractivity contribution in [1.82, 2.24) is 0 Å². The van der Waals surface area contributed by atoms with Gasteiger partial charge < -0.3 is 4.74 Å². The first-order valence-corrected chi connectivity index (χ1v) is 11.4. The molecule has 2 aliphatic heterocycles. The molecule has 0 radical (unpaired) electrons. The number of amidine groups is 1. The number of hydrogen-bond acceptors (Lipinski definition) is 5. The Morgan fingerprint density at radius 3 is 2.91 bits per heavy atom. The van der Waals surface area contributed by atoms with Gasteiger partial charge in [-0.2, -0.15) is 10.8 Å². The van der Waals surface area contributed by atoms with Gasteiger partial charge in [-0.1, -0.05) is 35.9 Å². The van der Waals surface area contributed by atoms with Crippen LogP contribution in [0.15, 0.2) is 105 Å². The van der Waals surface area contributed by atoms with Gasteiger partial charge in [-0.3, -0.25) is 4.99 Å². The highest BCUT2D eigenvalue weighted by molar-refractivity contribution is 7.17. The van der Waals surface area contributed by atoms with Crippen molar-refractivity contribution in [2.24, 2.45) is 15.8 Å². The number of hydrogen-bond donors (Lipinski definition) is 1. The van der Waals surface area contributed by atoms with E-state index < -0.39 is 0 Å². The summed E-state index contributed by atoms with van der Waals surface area (Å²) in [5.74, 6) is 8.28. The topological polar surface area (TPSA) is 60.0 Å². The van der Waals surface area contributed by atoms with E-state index in [2.05, 4.69) is 10.4 Å². The van der Waals surface area contributed by atoms with Crippen molar-refractivity contribution in [2.75, 3.05) is 0 Å². The van der Waals surface area contributed by atoms with Crippen molar-refractivity contribution in [2.45, 2.75) is 6.61 Å². The van der Waals surface area contributed by atoms with Crippen molar-refractivity contribution >= 4 is 45.1 Å². The smallest absolute Gasteiger partial charge is 0.265 e. The first-order chi connectivity index (χ1) is 15.6. The van der Waals surface area contributed by atoms with Gasteiger partial charge in [-0.15, -0.1) is 15.9 Å². The predicted molar refractivity (Wildman–Crippen MR) is 130 cm³/mol.